The third-order valence-corrected chi connectivity index (χ3v) is 4.04. The Hall–Kier alpha value is -2.02. The molecular formula is C14H18N4O2S. The molecule has 112 valence electrons. The minimum Gasteiger partial charge on any atom is -0.496 e. The fourth-order valence-corrected chi connectivity index (χ4v) is 2.65. The minimum atomic E-state index is 0.0360. The smallest absolute Gasteiger partial charge is 0.233 e. The summed E-state index contributed by atoms with van der Waals surface area (Å²) in [5.74, 6) is 1.16. The van der Waals surface area contributed by atoms with Gasteiger partial charge in [-0.2, -0.15) is 0 Å². The summed E-state index contributed by atoms with van der Waals surface area (Å²) in [6.45, 7) is 0.516. The van der Waals surface area contributed by atoms with E-state index >= 15 is 0 Å². The molecule has 6 nitrogen and oxygen atoms in total. The number of carbonyl (C=O) groups excluding carboxylic acids is 1. The zero-order valence-corrected chi connectivity index (χ0v) is 13.1. The number of ether oxygens (including phenoxy) is 1. The number of thioether (sulfide) groups is 1. The molecule has 0 aliphatic heterocycles. The summed E-state index contributed by atoms with van der Waals surface area (Å²) >= 11 is 1.38. The molecule has 0 fully saturated rings. The molecule has 1 aromatic carbocycles. The molecule has 0 aliphatic carbocycles. The maximum absolute atomic E-state index is 12.2. The quantitative estimate of drug-likeness (QED) is 0.758. The topological polar surface area (TPSA) is 60.2 Å². The number of para-hydroxylation sites is 1. The van der Waals surface area contributed by atoms with Gasteiger partial charge in [0.1, 0.15) is 12.1 Å². The highest BCUT2D eigenvalue weighted by Crippen LogP contribution is 2.20. The Labute approximate surface area is 128 Å². The zero-order valence-electron chi connectivity index (χ0n) is 12.3. The normalized spacial score (nSPS) is 10.4. The first-order valence-corrected chi connectivity index (χ1v) is 7.43. The fraction of sp³-hybridized carbons (Fsp3) is 0.357. The Kier molecular flexibility index (Phi) is 5.21. The number of hydrogen-bond donors (Lipinski definition) is 0. The van der Waals surface area contributed by atoms with Gasteiger partial charge in [0.25, 0.3) is 0 Å². The van der Waals surface area contributed by atoms with E-state index in [1.54, 1.807) is 30.0 Å². The molecule has 0 N–H and O–H groups in total. The van der Waals surface area contributed by atoms with Crippen molar-refractivity contribution in [3.05, 3.63) is 36.2 Å². The van der Waals surface area contributed by atoms with Crippen LogP contribution >= 0.6 is 11.8 Å². The van der Waals surface area contributed by atoms with Crippen LogP contribution in [0.15, 0.2) is 35.7 Å². The molecule has 0 atom stereocenters. The summed E-state index contributed by atoms with van der Waals surface area (Å²) < 4.78 is 7.09. The first kappa shape index (κ1) is 15.4. The molecule has 1 amide bonds. The molecule has 0 saturated heterocycles. The van der Waals surface area contributed by atoms with E-state index in [9.17, 15) is 4.79 Å². The summed E-state index contributed by atoms with van der Waals surface area (Å²) in [5, 5.41) is 8.46. The number of rotatable bonds is 6. The molecule has 7 heteroatoms. The maximum atomic E-state index is 12.2. The lowest BCUT2D eigenvalue weighted by molar-refractivity contribution is -0.127. The van der Waals surface area contributed by atoms with Gasteiger partial charge in [-0.1, -0.05) is 30.0 Å². The van der Waals surface area contributed by atoms with Crippen LogP contribution in [0.5, 0.6) is 5.75 Å². The number of benzene rings is 1. The van der Waals surface area contributed by atoms with Crippen LogP contribution in [0, 0.1) is 0 Å². The van der Waals surface area contributed by atoms with Crippen molar-refractivity contribution >= 4 is 17.7 Å². The third kappa shape index (κ3) is 3.98. The van der Waals surface area contributed by atoms with Gasteiger partial charge in [-0.3, -0.25) is 4.79 Å². The molecule has 0 saturated carbocycles. The number of hydrogen-bond acceptors (Lipinski definition) is 5. The first-order valence-electron chi connectivity index (χ1n) is 6.44. The highest BCUT2D eigenvalue weighted by atomic mass is 32.2. The Bertz CT molecular complexity index is 615. The number of amides is 1. The second kappa shape index (κ2) is 7.12. The van der Waals surface area contributed by atoms with Crippen molar-refractivity contribution in [2.45, 2.75) is 11.7 Å². The fourth-order valence-electron chi connectivity index (χ4n) is 1.82. The van der Waals surface area contributed by atoms with Crippen molar-refractivity contribution < 1.29 is 9.53 Å². The lowest BCUT2D eigenvalue weighted by atomic mass is 10.2. The van der Waals surface area contributed by atoms with Gasteiger partial charge in [0.2, 0.25) is 5.91 Å². The molecule has 0 unspecified atom stereocenters. The van der Waals surface area contributed by atoms with E-state index in [-0.39, 0.29) is 5.91 Å². The lowest BCUT2D eigenvalue weighted by Crippen LogP contribution is -2.28. The van der Waals surface area contributed by atoms with Crippen molar-refractivity contribution in [1.29, 1.82) is 0 Å². The van der Waals surface area contributed by atoms with Crippen LogP contribution in [-0.4, -0.2) is 45.5 Å². The van der Waals surface area contributed by atoms with Crippen LogP contribution in [-0.2, 0) is 18.4 Å². The molecule has 1 aromatic heterocycles. The van der Waals surface area contributed by atoms with E-state index in [0.717, 1.165) is 16.5 Å². The summed E-state index contributed by atoms with van der Waals surface area (Å²) in [6.07, 6.45) is 1.62. The molecule has 0 bridgehead atoms. The molecule has 2 aromatic rings. The van der Waals surface area contributed by atoms with Crippen LogP contribution in [0.4, 0.5) is 0 Å². The molecule has 1 heterocycles. The van der Waals surface area contributed by atoms with Crippen molar-refractivity contribution in [3.8, 4) is 5.75 Å². The number of nitrogens with zero attached hydrogens (tertiary/aromatic N) is 4. The largest absolute Gasteiger partial charge is 0.496 e. The molecule has 0 spiro atoms. The van der Waals surface area contributed by atoms with Gasteiger partial charge < -0.3 is 14.2 Å². The van der Waals surface area contributed by atoms with Crippen LogP contribution in [0.2, 0.25) is 0 Å². The van der Waals surface area contributed by atoms with E-state index in [1.807, 2.05) is 31.3 Å². The highest BCUT2D eigenvalue weighted by molar-refractivity contribution is 7.99. The average Bonchev–Trinajstić information content (AvgIpc) is 2.90. The van der Waals surface area contributed by atoms with Crippen molar-refractivity contribution in [2.75, 3.05) is 19.9 Å². The summed E-state index contributed by atoms with van der Waals surface area (Å²) in [6, 6.07) is 7.69. The van der Waals surface area contributed by atoms with Crippen molar-refractivity contribution in [1.82, 2.24) is 19.7 Å². The molecule has 2 rings (SSSR count). The molecule has 0 radical (unpaired) electrons. The number of aryl methyl sites for hydroxylation is 1. The van der Waals surface area contributed by atoms with E-state index in [1.165, 1.54) is 11.8 Å². The Morgan fingerprint density at radius 3 is 2.86 bits per heavy atom. The van der Waals surface area contributed by atoms with Crippen LogP contribution in [0.25, 0.3) is 0 Å². The lowest BCUT2D eigenvalue weighted by Gasteiger charge is -2.18. The SMILES string of the molecule is COc1ccccc1CN(C)C(=O)CSc1nncn1C. The van der Waals surface area contributed by atoms with Gasteiger partial charge >= 0.3 is 0 Å². The number of aromatic nitrogens is 3. The van der Waals surface area contributed by atoms with Gasteiger partial charge in [-0.25, -0.2) is 0 Å². The van der Waals surface area contributed by atoms with Crippen molar-refractivity contribution in [3.63, 3.8) is 0 Å². The van der Waals surface area contributed by atoms with Gasteiger partial charge in [0, 0.05) is 26.2 Å². The molecular weight excluding hydrogens is 288 g/mol. The van der Waals surface area contributed by atoms with Crippen LogP contribution < -0.4 is 4.74 Å². The average molecular weight is 306 g/mol. The minimum absolute atomic E-state index is 0.0360. The second-order valence-electron chi connectivity index (χ2n) is 4.57. The summed E-state index contributed by atoms with van der Waals surface area (Å²) in [4.78, 5) is 13.8. The van der Waals surface area contributed by atoms with Crippen molar-refractivity contribution in [2.24, 2.45) is 7.05 Å². The van der Waals surface area contributed by atoms with E-state index in [2.05, 4.69) is 10.2 Å². The number of methoxy groups -OCH3 is 1. The van der Waals surface area contributed by atoms with Crippen LogP contribution in [0.3, 0.4) is 0 Å². The van der Waals surface area contributed by atoms with Gasteiger partial charge in [0.15, 0.2) is 5.16 Å². The van der Waals surface area contributed by atoms with E-state index < -0.39 is 0 Å². The first-order chi connectivity index (χ1) is 10.1. The zero-order chi connectivity index (χ0) is 15.2. The van der Waals surface area contributed by atoms with Crippen LogP contribution in [0.1, 0.15) is 5.56 Å². The Morgan fingerprint density at radius 2 is 2.19 bits per heavy atom. The van der Waals surface area contributed by atoms with E-state index in [4.69, 9.17) is 4.74 Å². The Balaban J connectivity index is 1.92. The van der Waals surface area contributed by atoms with E-state index in [0.29, 0.717) is 12.3 Å². The molecule has 0 aliphatic rings. The van der Waals surface area contributed by atoms with Gasteiger partial charge in [-0.15, -0.1) is 10.2 Å². The standard InChI is InChI=1S/C14H18N4O2S/c1-17(8-11-6-4-5-7-12(11)20-3)13(19)9-21-14-16-15-10-18(14)2/h4-7,10H,8-9H2,1-3H3. The highest BCUT2D eigenvalue weighted by Gasteiger charge is 2.13. The predicted molar refractivity (Wildman–Crippen MR) is 81.2 cm³/mol. The molecule has 21 heavy (non-hydrogen) atoms. The monoisotopic (exact) mass is 306 g/mol. The Morgan fingerprint density at radius 1 is 1.43 bits per heavy atom. The predicted octanol–water partition coefficient (Wildman–Crippen LogP) is 1.57. The maximum Gasteiger partial charge on any atom is 0.233 e. The summed E-state index contributed by atoms with van der Waals surface area (Å²) in [7, 11) is 5.27. The number of carbonyl (C=O) groups is 1. The third-order valence-electron chi connectivity index (χ3n) is 3.02. The van der Waals surface area contributed by atoms with Gasteiger partial charge in [-0.05, 0) is 6.07 Å². The van der Waals surface area contributed by atoms with Gasteiger partial charge in [0.05, 0.1) is 12.9 Å². The second-order valence-corrected chi connectivity index (χ2v) is 5.52. The summed E-state index contributed by atoms with van der Waals surface area (Å²) in [5.41, 5.74) is 0.986.